The van der Waals surface area contributed by atoms with Crippen LogP contribution in [0.3, 0.4) is 0 Å². The van der Waals surface area contributed by atoms with Crippen LogP contribution in [-0.4, -0.2) is 54.1 Å². The second kappa shape index (κ2) is 6.71. The normalized spacial score (nSPS) is 15.6. The van der Waals surface area contributed by atoms with Crippen LogP contribution in [0, 0.1) is 0 Å². The van der Waals surface area contributed by atoms with Crippen molar-refractivity contribution < 1.29 is 4.79 Å². The molecule has 116 valence electrons. The van der Waals surface area contributed by atoms with Crippen molar-refractivity contribution in [3.8, 4) is 0 Å². The molecule has 2 aromatic rings. The van der Waals surface area contributed by atoms with Gasteiger partial charge >= 0.3 is 6.03 Å². The van der Waals surface area contributed by atoms with E-state index in [0.717, 1.165) is 32.0 Å². The smallest absolute Gasteiger partial charge is 0.325 e. The maximum absolute atomic E-state index is 11.8. The average Bonchev–Trinajstić information content (AvgIpc) is 3.02. The Morgan fingerprint density at radius 1 is 1.18 bits per heavy atom. The number of piperazine rings is 1. The Hall–Kier alpha value is -2.19. The molecule has 1 aliphatic heterocycles. The fourth-order valence-electron chi connectivity index (χ4n) is 2.23. The molecule has 0 aromatic carbocycles. The molecule has 1 aliphatic rings. The maximum Gasteiger partial charge on any atom is 0.325 e. The fourth-order valence-corrected chi connectivity index (χ4v) is 2.75. The molecular weight excluding hydrogens is 300 g/mol. The number of nitrogens with zero attached hydrogens (tertiary/aromatic N) is 4. The van der Waals surface area contributed by atoms with Crippen LogP contribution in [0.1, 0.15) is 0 Å². The van der Waals surface area contributed by atoms with Crippen LogP contribution in [0.5, 0.6) is 0 Å². The standard InChI is InChI=1S/C14H18N6OS/c1-19-5-7-20(8-6-19)12-3-2-11(10-16-12)17-13(21)18-14-15-4-9-22-14/h2-4,9-10H,5-8H2,1H3,(H2,15,17,18,21). The molecule has 0 atom stereocenters. The molecule has 8 heteroatoms. The molecule has 22 heavy (non-hydrogen) atoms. The van der Waals surface area contributed by atoms with E-state index in [1.165, 1.54) is 11.3 Å². The summed E-state index contributed by atoms with van der Waals surface area (Å²) in [4.78, 5) is 24.8. The fraction of sp³-hybridized carbons (Fsp3) is 0.357. The summed E-state index contributed by atoms with van der Waals surface area (Å²) in [7, 11) is 2.12. The molecule has 2 amide bonds. The third-order valence-electron chi connectivity index (χ3n) is 3.49. The van der Waals surface area contributed by atoms with Gasteiger partial charge in [0.05, 0.1) is 11.9 Å². The predicted molar refractivity (Wildman–Crippen MR) is 88.7 cm³/mol. The Kier molecular flexibility index (Phi) is 4.50. The largest absolute Gasteiger partial charge is 0.354 e. The van der Waals surface area contributed by atoms with E-state index in [2.05, 4.69) is 37.4 Å². The van der Waals surface area contributed by atoms with Crippen molar-refractivity contribution in [2.45, 2.75) is 0 Å². The Morgan fingerprint density at radius 2 is 2.00 bits per heavy atom. The molecule has 2 aromatic heterocycles. The zero-order valence-corrected chi connectivity index (χ0v) is 13.1. The summed E-state index contributed by atoms with van der Waals surface area (Å²) in [5, 5.41) is 7.79. The van der Waals surface area contributed by atoms with Gasteiger partial charge in [-0.25, -0.2) is 14.8 Å². The summed E-state index contributed by atoms with van der Waals surface area (Å²) < 4.78 is 0. The quantitative estimate of drug-likeness (QED) is 0.905. The minimum atomic E-state index is -0.316. The first-order valence-corrected chi connectivity index (χ1v) is 7.96. The number of nitrogens with one attached hydrogen (secondary N) is 2. The van der Waals surface area contributed by atoms with E-state index in [4.69, 9.17) is 0 Å². The van der Waals surface area contributed by atoms with Crippen molar-refractivity contribution in [1.82, 2.24) is 14.9 Å². The third kappa shape index (κ3) is 3.71. The summed E-state index contributed by atoms with van der Waals surface area (Å²) >= 11 is 1.37. The second-order valence-corrected chi connectivity index (χ2v) is 6.01. The molecule has 3 heterocycles. The number of hydrogen-bond acceptors (Lipinski definition) is 6. The molecule has 1 saturated heterocycles. The predicted octanol–water partition coefficient (Wildman–Crippen LogP) is 1.93. The first kappa shape index (κ1) is 14.7. The van der Waals surface area contributed by atoms with E-state index in [0.29, 0.717) is 10.8 Å². The number of aromatic nitrogens is 2. The van der Waals surface area contributed by atoms with Crippen molar-refractivity contribution in [3.63, 3.8) is 0 Å². The lowest BCUT2D eigenvalue weighted by atomic mass is 10.3. The lowest BCUT2D eigenvalue weighted by Gasteiger charge is -2.33. The number of thiazole rings is 1. The topological polar surface area (TPSA) is 73.4 Å². The summed E-state index contributed by atoms with van der Waals surface area (Å²) in [6.07, 6.45) is 3.32. The van der Waals surface area contributed by atoms with E-state index < -0.39 is 0 Å². The van der Waals surface area contributed by atoms with Crippen molar-refractivity contribution in [3.05, 3.63) is 29.9 Å². The van der Waals surface area contributed by atoms with Gasteiger partial charge in [-0.05, 0) is 19.2 Å². The van der Waals surface area contributed by atoms with Crippen LogP contribution in [0.4, 0.5) is 21.4 Å². The average molecular weight is 318 g/mol. The van der Waals surface area contributed by atoms with Gasteiger partial charge in [-0.1, -0.05) is 0 Å². The molecule has 0 bridgehead atoms. The number of carbonyl (C=O) groups is 1. The Balaban J connectivity index is 1.56. The number of pyridine rings is 1. The van der Waals surface area contributed by atoms with Gasteiger partial charge in [0.1, 0.15) is 5.82 Å². The van der Waals surface area contributed by atoms with Gasteiger partial charge in [0.2, 0.25) is 0 Å². The zero-order valence-electron chi connectivity index (χ0n) is 12.3. The van der Waals surface area contributed by atoms with Crippen LogP contribution >= 0.6 is 11.3 Å². The van der Waals surface area contributed by atoms with Gasteiger partial charge in [0.25, 0.3) is 0 Å². The molecule has 7 nitrogen and oxygen atoms in total. The molecule has 0 aliphatic carbocycles. The van der Waals surface area contributed by atoms with E-state index in [9.17, 15) is 4.79 Å². The highest BCUT2D eigenvalue weighted by Gasteiger charge is 2.15. The van der Waals surface area contributed by atoms with Gasteiger partial charge in [0, 0.05) is 37.8 Å². The third-order valence-corrected chi connectivity index (χ3v) is 4.17. The molecule has 3 rings (SSSR count). The molecule has 0 spiro atoms. The Morgan fingerprint density at radius 3 is 2.64 bits per heavy atom. The van der Waals surface area contributed by atoms with Gasteiger partial charge in [-0.2, -0.15) is 0 Å². The lowest BCUT2D eigenvalue weighted by molar-refractivity contribution is 0.262. The van der Waals surface area contributed by atoms with Crippen molar-refractivity contribution in [1.29, 1.82) is 0 Å². The SMILES string of the molecule is CN1CCN(c2ccc(NC(=O)Nc3nccs3)cn2)CC1. The number of likely N-dealkylation sites (N-methyl/N-ethyl adjacent to an activating group) is 1. The van der Waals surface area contributed by atoms with Gasteiger partial charge in [-0.3, -0.25) is 5.32 Å². The highest BCUT2D eigenvalue weighted by atomic mass is 32.1. The molecule has 0 saturated carbocycles. The summed E-state index contributed by atoms with van der Waals surface area (Å²) in [5.74, 6) is 0.944. The van der Waals surface area contributed by atoms with E-state index >= 15 is 0 Å². The van der Waals surface area contributed by atoms with Crippen LogP contribution in [0.15, 0.2) is 29.9 Å². The van der Waals surface area contributed by atoms with Gasteiger partial charge in [0.15, 0.2) is 5.13 Å². The van der Waals surface area contributed by atoms with Crippen molar-refractivity contribution in [2.24, 2.45) is 0 Å². The van der Waals surface area contributed by atoms with Gasteiger partial charge < -0.3 is 15.1 Å². The molecule has 0 unspecified atom stereocenters. The molecule has 2 N–H and O–H groups in total. The van der Waals surface area contributed by atoms with Crippen LogP contribution < -0.4 is 15.5 Å². The highest BCUT2D eigenvalue weighted by molar-refractivity contribution is 7.13. The number of amides is 2. The number of hydrogen-bond donors (Lipinski definition) is 2. The lowest BCUT2D eigenvalue weighted by Crippen LogP contribution is -2.44. The first-order valence-electron chi connectivity index (χ1n) is 7.08. The van der Waals surface area contributed by atoms with E-state index in [1.54, 1.807) is 12.4 Å². The van der Waals surface area contributed by atoms with E-state index in [1.807, 2.05) is 17.5 Å². The monoisotopic (exact) mass is 318 g/mol. The molecular formula is C14H18N6OS. The van der Waals surface area contributed by atoms with Gasteiger partial charge in [-0.15, -0.1) is 11.3 Å². The molecule has 1 fully saturated rings. The maximum atomic E-state index is 11.8. The first-order chi connectivity index (χ1) is 10.7. The Labute approximate surface area is 133 Å². The number of carbonyl (C=O) groups excluding carboxylic acids is 1. The minimum absolute atomic E-state index is 0.316. The highest BCUT2D eigenvalue weighted by Crippen LogP contribution is 2.16. The number of urea groups is 1. The summed E-state index contributed by atoms with van der Waals surface area (Å²) in [6.45, 7) is 4.03. The van der Waals surface area contributed by atoms with Crippen LogP contribution in [-0.2, 0) is 0 Å². The number of rotatable bonds is 3. The minimum Gasteiger partial charge on any atom is -0.354 e. The molecule has 0 radical (unpaired) electrons. The second-order valence-electron chi connectivity index (χ2n) is 5.11. The van der Waals surface area contributed by atoms with E-state index in [-0.39, 0.29) is 6.03 Å². The van der Waals surface area contributed by atoms with Crippen molar-refractivity contribution in [2.75, 3.05) is 48.8 Å². The summed E-state index contributed by atoms with van der Waals surface area (Å²) in [6, 6.07) is 3.48. The number of anilines is 3. The summed E-state index contributed by atoms with van der Waals surface area (Å²) in [5.41, 5.74) is 0.659. The zero-order chi connectivity index (χ0) is 15.4. The van der Waals surface area contributed by atoms with Crippen molar-refractivity contribution >= 4 is 34.0 Å². The van der Waals surface area contributed by atoms with Crippen LogP contribution in [0.2, 0.25) is 0 Å². The Bertz CT molecular complexity index is 607. The van der Waals surface area contributed by atoms with Crippen LogP contribution in [0.25, 0.3) is 0 Å².